The van der Waals surface area contributed by atoms with Crippen LogP contribution in [0, 0.1) is 0 Å². The van der Waals surface area contributed by atoms with Crippen molar-refractivity contribution < 1.29 is 28.6 Å². The van der Waals surface area contributed by atoms with Crippen LogP contribution in [0.3, 0.4) is 0 Å². The molecule has 1 aliphatic carbocycles. The molecule has 1 N–H and O–H groups in total. The van der Waals surface area contributed by atoms with Crippen LogP contribution >= 0.6 is 0 Å². The number of para-hydroxylation sites is 1. The number of carbonyl (C=O) groups excluding carboxylic acids is 3. The Balaban J connectivity index is 1.70. The highest BCUT2D eigenvalue weighted by Crippen LogP contribution is 2.60. The summed E-state index contributed by atoms with van der Waals surface area (Å²) in [6.45, 7) is 5.37. The van der Waals surface area contributed by atoms with Crippen molar-refractivity contribution in [2.75, 3.05) is 0 Å². The number of nitrogens with one attached hydrogen (secondary N) is 1. The van der Waals surface area contributed by atoms with E-state index in [-0.39, 0.29) is 11.7 Å². The summed E-state index contributed by atoms with van der Waals surface area (Å²) in [4.78, 5) is 39.4. The summed E-state index contributed by atoms with van der Waals surface area (Å²) in [5.41, 5.74) is 0.215. The molecule has 2 unspecified atom stereocenters. The Morgan fingerprint density at radius 2 is 1.65 bits per heavy atom. The smallest absolute Gasteiger partial charge is 0.445 e. The van der Waals surface area contributed by atoms with E-state index in [9.17, 15) is 14.4 Å². The van der Waals surface area contributed by atoms with Crippen molar-refractivity contribution in [2.24, 2.45) is 0 Å². The monoisotopic (exact) mass is 457 g/mol. The second-order valence-corrected chi connectivity index (χ2v) is 8.70. The Morgan fingerprint density at radius 1 is 0.941 bits per heavy atom. The lowest BCUT2D eigenvalue weighted by Gasteiger charge is -2.36. The zero-order valence-electron chi connectivity index (χ0n) is 19.0. The van der Waals surface area contributed by atoms with Crippen LogP contribution in [0.5, 0.6) is 11.5 Å². The lowest BCUT2D eigenvalue weighted by Crippen LogP contribution is -2.61. The molecule has 172 valence electrons. The molecule has 1 aliphatic heterocycles. The topological polar surface area (TPSA) is 90.9 Å². The second-order valence-electron chi connectivity index (χ2n) is 8.70. The number of Topliss-reactive ketones (excluding diaryl/α,β-unsaturated/α-hetero) is 1. The summed E-state index contributed by atoms with van der Waals surface area (Å²) in [7, 11) is 0. The van der Waals surface area contributed by atoms with Gasteiger partial charge in [0, 0.05) is 18.1 Å². The van der Waals surface area contributed by atoms with Gasteiger partial charge in [0.25, 0.3) is 0 Å². The fourth-order valence-electron chi connectivity index (χ4n) is 4.75. The molecular formula is C27H23NO6. The van der Waals surface area contributed by atoms with Gasteiger partial charge >= 0.3 is 11.9 Å². The third-order valence-electron chi connectivity index (χ3n) is 6.23. The van der Waals surface area contributed by atoms with Crippen LogP contribution < -0.4 is 14.8 Å². The SMILES string of the molecule is CC(=O)NC12C(=O)c3ccccc3C1(OC(=O)Oc1ccccc1)Oc1cc(C(C)C)ccc12. The van der Waals surface area contributed by atoms with Crippen LogP contribution in [0.2, 0.25) is 0 Å². The molecule has 0 saturated heterocycles. The minimum Gasteiger partial charge on any atom is -0.445 e. The van der Waals surface area contributed by atoms with E-state index < -0.39 is 29.2 Å². The van der Waals surface area contributed by atoms with Crippen molar-refractivity contribution in [3.8, 4) is 11.5 Å². The molecule has 0 fully saturated rings. The highest BCUT2D eigenvalue weighted by molar-refractivity contribution is 6.12. The minimum atomic E-state index is -1.98. The first-order chi connectivity index (χ1) is 16.3. The first kappa shape index (κ1) is 21.7. The molecule has 7 nitrogen and oxygen atoms in total. The molecule has 7 heteroatoms. The van der Waals surface area contributed by atoms with E-state index in [1.54, 1.807) is 60.7 Å². The molecule has 0 spiro atoms. The highest BCUT2D eigenvalue weighted by Gasteiger charge is 2.74. The van der Waals surface area contributed by atoms with Gasteiger partial charge in [-0.3, -0.25) is 9.59 Å². The number of hydrogen-bond donors (Lipinski definition) is 1. The maximum atomic E-state index is 13.9. The number of rotatable bonds is 4. The van der Waals surface area contributed by atoms with Gasteiger partial charge in [-0.1, -0.05) is 68.4 Å². The van der Waals surface area contributed by atoms with Crippen molar-refractivity contribution >= 4 is 17.8 Å². The third kappa shape index (κ3) is 3.00. The van der Waals surface area contributed by atoms with Gasteiger partial charge in [0.05, 0.1) is 5.56 Å². The molecule has 34 heavy (non-hydrogen) atoms. The van der Waals surface area contributed by atoms with Gasteiger partial charge in [-0.25, -0.2) is 4.79 Å². The maximum Gasteiger partial charge on any atom is 0.517 e. The molecule has 0 radical (unpaired) electrons. The normalized spacial score (nSPS) is 21.8. The summed E-state index contributed by atoms with van der Waals surface area (Å²) in [5.74, 6) is -2.07. The Hall–Kier alpha value is -4.13. The first-order valence-corrected chi connectivity index (χ1v) is 11.0. The number of ether oxygens (including phenoxy) is 3. The van der Waals surface area contributed by atoms with E-state index in [0.717, 1.165) is 5.56 Å². The Bertz CT molecular complexity index is 1320. The molecule has 1 amide bonds. The Labute approximate surface area is 196 Å². The van der Waals surface area contributed by atoms with Crippen LogP contribution in [0.15, 0.2) is 72.8 Å². The van der Waals surface area contributed by atoms with Gasteiger partial charge < -0.3 is 19.5 Å². The van der Waals surface area contributed by atoms with Gasteiger partial charge in [0.1, 0.15) is 11.5 Å². The van der Waals surface area contributed by atoms with Crippen molar-refractivity contribution in [2.45, 2.75) is 38.0 Å². The zero-order chi connectivity index (χ0) is 24.1. The number of amides is 1. The predicted octanol–water partition coefficient (Wildman–Crippen LogP) is 4.80. The molecule has 3 aromatic carbocycles. The first-order valence-electron chi connectivity index (χ1n) is 11.0. The zero-order valence-corrected chi connectivity index (χ0v) is 19.0. The van der Waals surface area contributed by atoms with Gasteiger partial charge in [-0.05, 0) is 29.7 Å². The lowest BCUT2D eigenvalue weighted by molar-refractivity contribution is -0.183. The molecule has 2 aliphatic rings. The van der Waals surface area contributed by atoms with Crippen LogP contribution in [0.4, 0.5) is 4.79 Å². The van der Waals surface area contributed by atoms with E-state index >= 15 is 0 Å². The van der Waals surface area contributed by atoms with E-state index in [4.69, 9.17) is 14.2 Å². The van der Waals surface area contributed by atoms with Gasteiger partial charge in [-0.15, -0.1) is 0 Å². The molecular weight excluding hydrogens is 434 g/mol. The van der Waals surface area contributed by atoms with E-state index in [2.05, 4.69) is 5.32 Å². The van der Waals surface area contributed by atoms with Gasteiger partial charge in [0.2, 0.25) is 17.2 Å². The van der Waals surface area contributed by atoms with E-state index in [1.165, 1.54) is 6.92 Å². The molecule has 0 bridgehead atoms. The van der Waals surface area contributed by atoms with Gasteiger partial charge in [-0.2, -0.15) is 0 Å². The molecule has 3 aromatic rings. The molecule has 5 rings (SSSR count). The second kappa shape index (κ2) is 7.73. The highest BCUT2D eigenvalue weighted by atomic mass is 16.8. The quantitative estimate of drug-likeness (QED) is 0.447. The Morgan fingerprint density at radius 3 is 2.35 bits per heavy atom. The predicted molar refractivity (Wildman–Crippen MR) is 123 cm³/mol. The average molecular weight is 457 g/mol. The van der Waals surface area contributed by atoms with Gasteiger partial charge in [0.15, 0.2) is 0 Å². The van der Waals surface area contributed by atoms with Crippen molar-refractivity contribution in [1.29, 1.82) is 0 Å². The summed E-state index contributed by atoms with van der Waals surface area (Å²) in [6, 6.07) is 20.6. The standard InChI is InChI=1S/C27H23NO6/c1-16(2)18-13-14-22-23(15-18)33-27(34-25(31)32-19-9-5-4-6-10-19)21-12-8-7-11-20(21)24(30)26(22,27)28-17(3)29/h4-16H,1-3H3,(H,28,29). The fraction of sp³-hybridized carbons (Fsp3) is 0.222. The van der Waals surface area contributed by atoms with Crippen molar-refractivity contribution in [3.63, 3.8) is 0 Å². The van der Waals surface area contributed by atoms with E-state index in [0.29, 0.717) is 22.4 Å². The fourth-order valence-corrected chi connectivity index (χ4v) is 4.75. The molecule has 1 heterocycles. The maximum absolute atomic E-state index is 13.9. The summed E-state index contributed by atoms with van der Waals surface area (Å²) >= 11 is 0. The van der Waals surface area contributed by atoms with Crippen LogP contribution in [-0.2, 0) is 20.9 Å². The van der Waals surface area contributed by atoms with Crippen molar-refractivity contribution in [3.05, 3.63) is 95.1 Å². The van der Waals surface area contributed by atoms with Crippen LogP contribution in [0.25, 0.3) is 0 Å². The minimum absolute atomic E-state index is 0.189. The number of hydrogen-bond acceptors (Lipinski definition) is 6. The number of benzene rings is 3. The van der Waals surface area contributed by atoms with Crippen molar-refractivity contribution in [1.82, 2.24) is 5.32 Å². The molecule has 0 saturated carbocycles. The van der Waals surface area contributed by atoms with Crippen LogP contribution in [0.1, 0.15) is 53.7 Å². The number of carbonyl (C=O) groups is 3. The largest absolute Gasteiger partial charge is 0.517 e. The summed E-state index contributed by atoms with van der Waals surface area (Å²) in [5, 5.41) is 2.78. The van der Waals surface area contributed by atoms with Crippen LogP contribution in [-0.4, -0.2) is 17.8 Å². The Kier molecular flexibility index (Phi) is 4.93. The molecule has 0 aromatic heterocycles. The summed E-state index contributed by atoms with van der Waals surface area (Å²) in [6.07, 6.45) is -1.07. The van der Waals surface area contributed by atoms with E-state index in [1.807, 2.05) is 26.0 Å². The third-order valence-corrected chi connectivity index (χ3v) is 6.23. The average Bonchev–Trinajstić information content (AvgIpc) is 3.18. The summed E-state index contributed by atoms with van der Waals surface area (Å²) < 4.78 is 17.6. The number of fused-ring (bicyclic) bond motifs is 5. The lowest BCUT2D eigenvalue weighted by atomic mass is 9.82. The molecule has 2 atom stereocenters. The number of ketones is 1.